The molecule has 186 valence electrons. The van der Waals surface area contributed by atoms with Gasteiger partial charge in [-0.3, -0.25) is 9.63 Å². The van der Waals surface area contributed by atoms with E-state index in [1.54, 1.807) is 24.3 Å². The molecule has 3 N–H and O–H groups in total. The van der Waals surface area contributed by atoms with Gasteiger partial charge in [-0.1, -0.05) is 26.1 Å². The molecule has 2 aromatic carbocycles. The highest BCUT2D eigenvalue weighted by Gasteiger charge is 2.35. The molecule has 0 spiro atoms. The van der Waals surface area contributed by atoms with E-state index in [9.17, 15) is 18.0 Å². The standard InChI is InChI=1S/C23H25F3N5O3P/c1-33-12-13-34-31-21(32)15-8-10-16(11-9-15)28-22-27-14-17(23(24,25)26)20(30-22)29-18-6-4-5-7-19(18)35(2)3/h4-11,14H,12-13H2,1-3H3,(H,31,32)(H2,27,28,29,30). The van der Waals surface area contributed by atoms with E-state index < -0.39 is 25.6 Å². The number of hydrogen-bond acceptors (Lipinski definition) is 7. The molecule has 0 saturated heterocycles. The van der Waals surface area contributed by atoms with Gasteiger partial charge in [0.15, 0.2) is 0 Å². The van der Waals surface area contributed by atoms with Crippen molar-refractivity contribution in [3.05, 3.63) is 65.9 Å². The fraction of sp³-hybridized carbons (Fsp3) is 0.261. The first kappa shape index (κ1) is 26.3. The van der Waals surface area contributed by atoms with Crippen LogP contribution in [0.5, 0.6) is 0 Å². The van der Waals surface area contributed by atoms with Crippen LogP contribution in [0.15, 0.2) is 54.7 Å². The number of aromatic nitrogens is 2. The summed E-state index contributed by atoms with van der Waals surface area (Å²) in [5, 5.41) is 6.62. The van der Waals surface area contributed by atoms with Gasteiger partial charge < -0.3 is 15.4 Å². The molecule has 0 aliphatic rings. The lowest BCUT2D eigenvalue weighted by Gasteiger charge is -2.18. The van der Waals surface area contributed by atoms with Crippen LogP contribution in [-0.4, -0.2) is 49.5 Å². The minimum absolute atomic E-state index is 0.0339. The average Bonchev–Trinajstić information content (AvgIpc) is 2.82. The average molecular weight is 507 g/mol. The van der Waals surface area contributed by atoms with E-state index in [-0.39, 0.29) is 18.4 Å². The lowest BCUT2D eigenvalue weighted by atomic mass is 10.2. The maximum Gasteiger partial charge on any atom is 0.421 e. The number of benzene rings is 2. The first-order valence-electron chi connectivity index (χ1n) is 10.4. The lowest BCUT2D eigenvalue weighted by Crippen LogP contribution is -2.25. The fourth-order valence-corrected chi connectivity index (χ4v) is 3.97. The van der Waals surface area contributed by atoms with Crippen molar-refractivity contribution in [1.82, 2.24) is 15.4 Å². The number of ether oxygens (including phenoxy) is 1. The molecule has 0 saturated carbocycles. The number of nitrogens with zero attached hydrogens (tertiary/aromatic N) is 2. The van der Waals surface area contributed by atoms with Crippen LogP contribution in [0.2, 0.25) is 0 Å². The molecule has 0 bridgehead atoms. The van der Waals surface area contributed by atoms with E-state index in [0.717, 1.165) is 11.5 Å². The molecule has 0 unspecified atom stereocenters. The topological polar surface area (TPSA) is 97.4 Å². The Hall–Kier alpha value is -3.27. The van der Waals surface area contributed by atoms with Crippen molar-refractivity contribution in [2.75, 3.05) is 44.3 Å². The number of halogens is 3. The Labute approximate surface area is 202 Å². The number of nitrogens with one attached hydrogen (secondary N) is 3. The zero-order valence-corrected chi connectivity index (χ0v) is 20.2. The summed E-state index contributed by atoms with van der Waals surface area (Å²) in [4.78, 5) is 25.0. The van der Waals surface area contributed by atoms with Crippen LogP contribution in [0.4, 0.5) is 36.3 Å². The molecule has 1 aromatic heterocycles. The molecule has 3 aromatic rings. The number of rotatable bonds is 10. The van der Waals surface area contributed by atoms with Gasteiger partial charge in [-0.15, -0.1) is 0 Å². The predicted molar refractivity (Wildman–Crippen MR) is 130 cm³/mol. The monoisotopic (exact) mass is 507 g/mol. The van der Waals surface area contributed by atoms with Gasteiger partial charge in [0.2, 0.25) is 5.95 Å². The molecule has 8 nitrogen and oxygen atoms in total. The fourth-order valence-electron chi connectivity index (χ4n) is 2.98. The van der Waals surface area contributed by atoms with Crippen molar-refractivity contribution >= 4 is 42.3 Å². The van der Waals surface area contributed by atoms with Crippen molar-refractivity contribution in [2.24, 2.45) is 0 Å². The van der Waals surface area contributed by atoms with Crippen molar-refractivity contribution in [2.45, 2.75) is 6.18 Å². The SMILES string of the molecule is COCCONC(=O)c1ccc(Nc2ncc(C(F)(F)F)c(Nc3ccccc3P(C)C)n2)cc1. The highest BCUT2D eigenvalue weighted by Crippen LogP contribution is 2.36. The number of hydroxylamine groups is 1. The number of carbonyl (C=O) groups is 1. The summed E-state index contributed by atoms with van der Waals surface area (Å²) in [5.74, 6) is -0.841. The Morgan fingerprint density at radius 2 is 1.74 bits per heavy atom. The van der Waals surface area contributed by atoms with Crippen LogP contribution in [0.1, 0.15) is 15.9 Å². The molecule has 1 amide bonds. The first-order chi connectivity index (χ1) is 16.7. The first-order valence-corrected chi connectivity index (χ1v) is 12.7. The Bertz CT molecular complexity index is 1140. The van der Waals surface area contributed by atoms with Crippen LogP contribution < -0.4 is 21.4 Å². The third-order valence-electron chi connectivity index (χ3n) is 4.69. The molecule has 0 aliphatic heterocycles. The van der Waals surface area contributed by atoms with Crippen LogP contribution in [0, 0.1) is 0 Å². The molecule has 35 heavy (non-hydrogen) atoms. The van der Waals surface area contributed by atoms with E-state index in [2.05, 4.69) is 26.1 Å². The summed E-state index contributed by atoms with van der Waals surface area (Å²) in [6, 6.07) is 13.4. The van der Waals surface area contributed by atoms with Crippen LogP contribution in [-0.2, 0) is 15.8 Å². The molecule has 0 aliphatic carbocycles. The molecule has 1 heterocycles. The molecule has 0 atom stereocenters. The number of methoxy groups -OCH3 is 1. The van der Waals surface area contributed by atoms with Gasteiger partial charge in [0.25, 0.3) is 5.91 Å². The highest BCUT2D eigenvalue weighted by atomic mass is 31.1. The molecular formula is C23H25F3N5O3P. The van der Waals surface area contributed by atoms with Gasteiger partial charge in [-0.25, -0.2) is 10.5 Å². The summed E-state index contributed by atoms with van der Waals surface area (Å²) in [5.41, 5.74) is 2.68. The van der Waals surface area contributed by atoms with E-state index in [1.165, 1.54) is 19.2 Å². The Balaban J connectivity index is 1.79. The van der Waals surface area contributed by atoms with E-state index >= 15 is 0 Å². The smallest absolute Gasteiger partial charge is 0.382 e. The summed E-state index contributed by atoms with van der Waals surface area (Å²) >= 11 is 0. The van der Waals surface area contributed by atoms with E-state index in [1.807, 2.05) is 25.5 Å². The van der Waals surface area contributed by atoms with E-state index in [0.29, 0.717) is 23.5 Å². The zero-order valence-electron chi connectivity index (χ0n) is 19.3. The van der Waals surface area contributed by atoms with Crippen LogP contribution in [0.25, 0.3) is 0 Å². The van der Waals surface area contributed by atoms with Crippen molar-refractivity contribution in [3.63, 3.8) is 0 Å². The Kier molecular flexibility index (Phi) is 8.97. The second kappa shape index (κ2) is 11.9. The van der Waals surface area contributed by atoms with Gasteiger partial charge in [-0.2, -0.15) is 18.2 Å². The van der Waals surface area contributed by atoms with Gasteiger partial charge in [0.1, 0.15) is 11.4 Å². The molecule has 0 fully saturated rings. The zero-order chi connectivity index (χ0) is 25.4. The Morgan fingerprint density at radius 1 is 1.03 bits per heavy atom. The second-order valence-electron chi connectivity index (χ2n) is 7.47. The number of amides is 1. The van der Waals surface area contributed by atoms with Crippen molar-refractivity contribution in [1.29, 1.82) is 0 Å². The third kappa shape index (κ3) is 7.35. The van der Waals surface area contributed by atoms with Gasteiger partial charge in [0.05, 0.1) is 13.2 Å². The number of hydrogen-bond donors (Lipinski definition) is 3. The van der Waals surface area contributed by atoms with Crippen molar-refractivity contribution in [3.8, 4) is 0 Å². The van der Waals surface area contributed by atoms with Crippen LogP contribution >= 0.6 is 7.92 Å². The number of carbonyl (C=O) groups excluding carboxylic acids is 1. The highest BCUT2D eigenvalue weighted by molar-refractivity contribution is 7.64. The van der Waals surface area contributed by atoms with Gasteiger partial charge in [0, 0.05) is 30.2 Å². The number of para-hydroxylation sites is 1. The quantitative estimate of drug-likeness (QED) is 0.209. The molecule has 12 heteroatoms. The van der Waals surface area contributed by atoms with Gasteiger partial charge >= 0.3 is 6.18 Å². The summed E-state index contributed by atoms with van der Waals surface area (Å²) in [6.45, 7) is 4.57. The summed E-state index contributed by atoms with van der Waals surface area (Å²) in [7, 11) is 0.952. The minimum Gasteiger partial charge on any atom is -0.382 e. The minimum atomic E-state index is -4.64. The normalized spacial score (nSPS) is 11.4. The largest absolute Gasteiger partial charge is 0.421 e. The summed E-state index contributed by atoms with van der Waals surface area (Å²) < 4.78 is 45.7. The third-order valence-corrected chi connectivity index (χ3v) is 6.04. The number of anilines is 4. The molecule has 0 radical (unpaired) electrons. The predicted octanol–water partition coefficient (Wildman–Crippen LogP) is 4.66. The van der Waals surface area contributed by atoms with Gasteiger partial charge in [-0.05, 0) is 49.0 Å². The molecular weight excluding hydrogens is 482 g/mol. The number of alkyl halides is 3. The second-order valence-corrected chi connectivity index (χ2v) is 9.74. The van der Waals surface area contributed by atoms with E-state index in [4.69, 9.17) is 9.57 Å². The maximum atomic E-state index is 13.6. The lowest BCUT2D eigenvalue weighted by molar-refractivity contribution is -0.137. The summed E-state index contributed by atoms with van der Waals surface area (Å²) in [6.07, 6.45) is -3.90. The van der Waals surface area contributed by atoms with Crippen molar-refractivity contribution < 1.29 is 27.5 Å². The van der Waals surface area contributed by atoms with Crippen LogP contribution in [0.3, 0.4) is 0 Å². The maximum absolute atomic E-state index is 13.6. The molecule has 3 rings (SSSR count). The Morgan fingerprint density at radius 3 is 2.40 bits per heavy atom.